The summed E-state index contributed by atoms with van der Waals surface area (Å²) in [5, 5.41) is 1.02. The molecule has 0 bridgehead atoms. The number of hydrogen-bond acceptors (Lipinski definition) is 4. The van der Waals surface area contributed by atoms with Crippen molar-refractivity contribution < 1.29 is 0 Å². The van der Waals surface area contributed by atoms with E-state index in [4.69, 9.17) is 5.73 Å². The zero-order valence-electron chi connectivity index (χ0n) is 8.99. The highest BCUT2D eigenvalue weighted by molar-refractivity contribution is 9.10. The van der Waals surface area contributed by atoms with Crippen LogP contribution in [0.2, 0.25) is 0 Å². The fourth-order valence-corrected chi connectivity index (χ4v) is 2.89. The summed E-state index contributed by atoms with van der Waals surface area (Å²) in [5.74, 6) is 0.815. The third kappa shape index (κ3) is 1.83. The van der Waals surface area contributed by atoms with Crippen LogP contribution in [0.25, 0.3) is 21.7 Å². The zero-order valence-corrected chi connectivity index (χ0v) is 11.4. The summed E-state index contributed by atoms with van der Waals surface area (Å²) in [4.78, 5) is 13.0. The predicted molar refractivity (Wildman–Crippen MR) is 74.1 cm³/mol. The van der Waals surface area contributed by atoms with Gasteiger partial charge in [0.1, 0.15) is 11.3 Å². The van der Waals surface area contributed by atoms with Gasteiger partial charge in [0.25, 0.3) is 0 Å². The van der Waals surface area contributed by atoms with E-state index in [1.807, 2.05) is 25.3 Å². The molecule has 0 aliphatic rings. The summed E-state index contributed by atoms with van der Waals surface area (Å²) >= 11 is 5.02. The van der Waals surface area contributed by atoms with Crippen LogP contribution in [0, 0.1) is 6.92 Å². The van der Waals surface area contributed by atoms with E-state index in [9.17, 15) is 0 Å². The molecule has 6 heteroatoms. The number of hydrogen-bond donors (Lipinski definition) is 2. The molecule has 3 N–H and O–H groups in total. The summed E-state index contributed by atoms with van der Waals surface area (Å²) < 4.78 is 0.943. The Kier molecular flexibility index (Phi) is 2.41. The minimum atomic E-state index is 0.665. The van der Waals surface area contributed by atoms with Gasteiger partial charge in [0.05, 0.1) is 21.1 Å². The van der Waals surface area contributed by atoms with Crippen LogP contribution < -0.4 is 5.73 Å². The van der Waals surface area contributed by atoms with E-state index in [1.54, 1.807) is 11.3 Å². The van der Waals surface area contributed by atoms with Gasteiger partial charge in [0.2, 0.25) is 0 Å². The lowest BCUT2D eigenvalue weighted by atomic mass is 10.3. The van der Waals surface area contributed by atoms with E-state index >= 15 is 0 Å². The Balaban J connectivity index is 2.23. The first-order valence-electron chi connectivity index (χ1n) is 5.01. The van der Waals surface area contributed by atoms with Crippen LogP contribution in [0.1, 0.15) is 5.01 Å². The second-order valence-electron chi connectivity index (χ2n) is 3.72. The molecule has 0 spiro atoms. The van der Waals surface area contributed by atoms with Crippen molar-refractivity contribution in [2.45, 2.75) is 6.92 Å². The summed E-state index contributed by atoms with van der Waals surface area (Å²) in [6.45, 7) is 1.97. The van der Waals surface area contributed by atoms with Crippen LogP contribution in [0.15, 0.2) is 22.8 Å². The van der Waals surface area contributed by atoms with Crippen molar-refractivity contribution in [3.8, 4) is 10.7 Å². The van der Waals surface area contributed by atoms with Crippen molar-refractivity contribution in [3.63, 3.8) is 0 Å². The van der Waals surface area contributed by atoms with Gasteiger partial charge < -0.3 is 10.7 Å². The van der Waals surface area contributed by atoms with E-state index in [1.165, 1.54) is 0 Å². The predicted octanol–water partition coefficient (Wildman–Crippen LogP) is 3.34. The molecule has 3 aromatic rings. The van der Waals surface area contributed by atoms with Crippen molar-refractivity contribution in [2.24, 2.45) is 0 Å². The highest BCUT2D eigenvalue weighted by Crippen LogP contribution is 2.29. The first-order valence-corrected chi connectivity index (χ1v) is 6.62. The molecule has 17 heavy (non-hydrogen) atoms. The molecule has 0 radical (unpaired) electrons. The van der Waals surface area contributed by atoms with E-state index in [-0.39, 0.29) is 0 Å². The minimum absolute atomic E-state index is 0.665. The largest absolute Gasteiger partial charge is 0.397 e. The first-order chi connectivity index (χ1) is 8.13. The van der Waals surface area contributed by atoms with Crippen molar-refractivity contribution in [1.29, 1.82) is 0 Å². The fourth-order valence-electron chi connectivity index (χ4n) is 1.70. The molecule has 4 nitrogen and oxygen atoms in total. The third-order valence-electron chi connectivity index (χ3n) is 2.44. The number of aromatic nitrogens is 3. The molecule has 0 saturated carbocycles. The number of thiazole rings is 1. The zero-order chi connectivity index (χ0) is 12.0. The number of halogens is 1. The second-order valence-corrected chi connectivity index (χ2v) is 5.87. The molecule has 0 atom stereocenters. The Morgan fingerprint density at radius 2 is 2.24 bits per heavy atom. The van der Waals surface area contributed by atoms with Crippen molar-refractivity contribution in [2.75, 3.05) is 5.73 Å². The summed E-state index contributed by atoms with van der Waals surface area (Å²) in [7, 11) is 0. The molecular weight excluding hydrogens is 300 g/mol. The van der Waals surface area contributed by atoms with Gasteiger partial charge in [-0.2, -0.15) is 0 Å². The van der Waals surface area contributed by atoms with E-state index in [2.05, 4.69) is 30.9 Å². The minimum Gasteiger partial charge on any atom is -0.397 e. The molecule has 2 heterocycles. The quantitative estimate of drug-likeness (QED) is 0.677. The summed E-state index contributed by atoms with van der Waals surface area (Å²) in [5.41, 5.74) is 8.32. The monoisotopic (exact) mass is 308 g/mol. The molecule has 0 fully saturated rings. The van der Waals surface area contributed by atoms with Crippen LogP contribution >= 0.6 is 27.3 Å². The van der Waals surface area contributed by atoms with Crippen LogP contribution in [-0.4, -0.2) is 15.0 Å². The Hall–Kier alpha value is -1.40. The number of benzene rings is 1. The summed E-state index contributed by atoms with van der Waals surface area (Å²) in [6.07, 6.45) is 1.82. The first kappa shape index (κ1) is 10.7. The molecule has 0 saturated heterocycles. The topological polar surface area (TPSA) is 67.6 Å². The number of aromatic amines is 1. The standard InChI is InChI=1S/C11H9BrN4S/c1-5-14-4-9(17-5)11-15-8-3-6(12)2-7(13)10(8)16-11/h2-4H,13H2,1H3,(H,15,16). The normalized spacial score (nSPS) is 11.2. The number of nitrogen functional groups attached to an aromatic ring is 1. The van der Waals surface area contributed by atoms with Gasteiger partial charge in [-0.3, -0.25) is 0 Å². The van der Waals surface area contributed by atoms with Crippen LogP contribution in [0.5, 0.6) is 0 Å². The van der Waals surface area contributed by atoms with Gasteiger partial charge in [0.15, 0.2) is 0 Å². The maximum atomic E-state index is 5.93. The Morgan fingerprint density at radius 3 is 2.94 bits per heavy atom. The van der Waals surface area contributed by atoms with Gasteiger partial charge in [0, 0.05) is 10.7 Å². The lowest BCUT2D eigenvalue weighted by Gasteiger charge is -1.94. The maximum Gasteiger partial charge on any atom is 0.150 e. The van der Waals surface area contributed by atoms with Gasteiger partial charge in [-0.05, 0) is 19.1 Å². The second kappa shape index (κ2) is 3.82. The van der Waals surface area contributed by atoms with E-state index < -0.39 is 0 Å². The number of fused-ring (bicyclic) bond motifs is 1. The highest BCUT2D eigenvalue weighted by Gasteiger charge is 2.10. The van der Waals surface area contributed by atoms with Crippen LogP contribution in [-0.2, 0) is 0 Å². The van der Waals surface area contributed by atoms with Gasteiger partial charge >= 0.3 is 0 Å². The molecule has 2 aromatic heterocycles. The Labute approximate surface area is 110 Å². The molecule has 0 amide bonds. The molecule has 3 rings (SSSR count). The number of nitrogens with zero attached hydrogens (tertiary/aromatic N) is 2. The SMILES string of the molecule is Cc1ncc(-c2nc3c(N)cc(Br)cc3[nH]2)s1. The number of anilines is 1. The molecule has 86 valence electrons. The number of H-pyrrole nitrogens is 1. The average molecular weight is 309 g/mol. The van der Waals surface area contributed by atoms with Crippen molar-refractivity contribution in [1.82, 2.24) is 15.0 Å². The smallest absolute Gasteiger partial charge is 0.150 e. The highest BCUT2D eigenvalue weighted by atomic mass is 79.9. The fraction of sp³-hybridized carbons (Fsp3) is 0.0909. The lowest BCUT2D eigenvalue weighted by Crippen LogP contribution is -1.86. The molecule has 1 aromatic carbocycles. The third-order valence-corrected chi connectivity index (χ3v) is 3.81. The number of nitrogens with one attached hydrogen (secondary N) is 1. The molecular formula is C11H9BrN4S. The molecule has 0 unspecified atom stereocenters. The molecule has 0 aliphatic heterocycles. The van der Waals surface area contributed by atoms with Crippen LogP contribution in [0.3, 0.4) is 0 Å². The maximum absolute atomic E-state index is 5.93. The number of rotatable bonds is 1. The number of imidazole rings is 1. The number of nitrogens with two attached hydrogens (primary N) is 1. The van der Waals surface area contributed by atoms with Crippen molar-refractivity contribution >= 4 is 44.0 Å². The Morgan fingerprint density at radius 1 is 1.41 bits per heavy atom. The van der Waals surface area contributed by atoms with Crippen molar-refractivity contribution in [3.05, 3.63) is 27.8 Å². The van der Waals surface area contributed by atoms with Gasteiger partial charge in [-0.1, -0.05) is 15.9 Å². The van der Waals surface area contributed by atoms with Gasteiger partial charge in [-0.25, -0.2) is 9.97 Å². The average Bonchev–Trinajstić information content (AvgIpc) is 2.83. The van der Waals surface area contributed by atoms with E-state index in [0.717, 1.165) is 31.2 Å². The van der Waals surface area contributed by atoms with Crippen LogP contribution in [0.4, 0.5) is 5.69 Å². The van der Waals surface area contributed by atoms with Gasteiger partial charge in [-0.15, -0.1) is 11.3 Å². The molecule has 0 aliphatic carbocycles. The number of aryl methyl sites for hydroxylation is 1. The lowest BCUT2D eigenvalue weighted by molar-refractivity contribution is 1.28. The Bertz CT molecular complexity index is 701. The summed E-state index contributed by atoms with van der Waals surface area (Å²) in [6, 6.07) is 3.82. The van der Waals surface area contributed by atoms with E-state index in [0.29, 0.717) is 5.69 Å².